The van der Waals surface area contributed by atoms with Crippen LogP contribution < -0.4 is 0 Å². The number of piperidine rings is 1. The van der Waals surface area contributed by atoms with Gasteiger partial charge in [0.15, 0.2) is 5.72 Å². The molecule has 216 valence electrons. The summed E-state index contributed by atoms with van der Waals surface area (Å²) in [5, 5.41) is 20.8. The van der Waals surface area contributed by atoms with Crippen LogP contribution in [0.15, 0.2) is 60.7 Å². The van der Waals surface area contributed by atoms with Crippen LogP contribution in [0, 0.1) is 18.7 Å². The fourth-order valence-electron chi connectivity index (χ4n) is 6.12. The van der Waals surface area contributed by atoms with E-state index in [9.17, 15) is 14.7 Å². The molecule has 2 N–H and O–H groups in total. The second-order valence-corrected chi connectivity index (χ2v) is 11.4. The van der Waals surface area contributed by atoms with Gasteiger partial charge in [-0.3, -0.25) is 14.5 Å². The zero-order chi connectivity index (χ0) is 29.3. The number of methoxy groups -OCH3 is 1. The fraction of sp³-hybridized carbons (Fsp3) is 0.375. The number of carbonyl (C=O) groups is 2. The van der Waals surface area contributed by atoms with Crippen molar-refractivity contribution in [2.75, 3.05) is 26.7 Å². The monoisotopic (exact) mass is 580 g/mol. The summed E-state index contributed by atoms with van der Waals surface area (Å²) < 4.78 is 22.3. The maximum absolute atomic E-state index is 16.2. The largest absolute Gasteiger partial charge is 0.481 e. The normalized spacial score (nSPS) is 20.3. The number of aliphatic hydroxyl groups excluding tert-OH is 1. The average molecular weight is 581 g/mol. The highest BCUT2D eigenvalue weighted by Crippen LogP contribution is 2.48. The van der Waals surface area contributed by atoms with Crippen LogP contribution in [0.5, 0.6) is 0 Å². The van der Waals surface area contributed by atoms with Crippen LogP contribution in [0.2, 0.25) is 5.02 Å². The minimum Gasteiger partial charge on any atom is -0.481 e. The molecule has 1 fully saturated rings. The summed E-state index contributed by atoms with van der Waals surface area (Å²) in [7, 11) is 1.46. The Morgan fingerprint density at radius 2 is 1.78 bits per heavy atom. The predicted octanol–water partition coefficient (Wildman–Crippen LogP) is 5.51. The molecule has 7 nitrogen and oxygen atoms in total. The first-order valence-electron chi connectivity index (χ1n) is 13.8. The van der Waals surface area contributed by atoms with Crippen molar-refractivity contribution in [3.8, 4) is 0 Å². The van der Waals surface area contributed by atoms with Gasteiger partial charge in [-0.05, 0) is 74.2 Å². The van der Waals surface area contributed by atoms with E-state index in [2.05, 4.69) is 4.90 Å². The molecule has 2 aliphatic heterocycles. The molecule has 3 aromatic rings. The van der Waals surface area contributed by atoms with E-state index in [1.54, 1.807) is 30.3 Å². The number of halogens is 2. The Morgan fingerprint density at radius 1 is 1.12 bits per heavy atom. The van der Waals surface area contributed by atoms with Gasteiger partial charge in [-0.2, -0.15) is 0 Å². The molecule has 1 amide bonds. The quantitative estimate of drug-likeness (QED) is 0.347. The molecule has 0 aliphatic carbocycles. The van der Waals surface area contributed by atoms with Crippen LogP contribution in [0.25, 0.3) is 0 Å². The molecule has 2 aliphatic rings. The van der Waals surface area contributed by atoms with Crippen LogP contribution in [-0.4, -0.2) is 58.6 Å². The molecular weight excluding hydrogens is 547 g/mol. The predicted molar refractivity (Wildman–Crippen MR) is 153 cm³/mol. The molecule has 2 heterocycles. The van der Waals surface area contributed by atoms with Crippen molar-refractivity contribution in [2.45, 2.75) is 44.6 Å². The van der Waals surface area contributed by atoms with E-state index >= 15 is 4.39 Å². The average Bonchev–Trinajstić information content (AvgIpc) is 3.21. The summed E-state index contributed by atoms with van der Waals surface area (Å²) in [5.74, 6) is -2.01. The van der Waals surface area contributed by atoms with Crippen molar-refractivity contribution in [1.29, 1.82) is 0 Å². The Balaban J connectivity index is 1.50. The number of fused-ring (bicyclic) bond motifs is 1. The van der Waals surface area contributed by atoms with Gasteiger partial charge in [0.1, 0.15) is 5.82 Å². The number of aryl methyl sites for hydroxylation is 1. The van der Waals surface area contributed by atoms with Crippen LogP contribution in [0.1, 0.15) is 63.5 Å². The zero-order valence-electron chi connectivity index (χ0n) is 23.1. The van der Waals surface area contributed by atoms with Gasteiger partial charge in [0.05, 0.1) is 23.7 Å². The zero-order valence-corrected chi connectivity index (χ0v) is 23.9. The fourth-order valence-corrected chi connectivity index (χ4v) is 6.24. The van der Waals surface area contributed by atoms with Crippen LogP contribution >= 0.6 is 11.6 Å². The molecule has 0 aromatic heterocycles. The van der Waals surface area contributed by atoms with Gasteiger partial charge >= 0.3 is 5.97 Å². The molecule has 0 spiro atoms. The van der Waals surface area contributed by atoms with Crippen LogP contribution in [0.3, 0.4) is 0 Å². The van der Waals surface area contributed by atoms with Crippen LogP contribution in [-0.2, 0) is 21.8 Å². The molecule has 0 saturated carbocycles. The lowest BCUT2D eigenvalue weighted by Gasteiger charge is -2.38. The summed E-state index contributed by atoms with van der Waals surface area (Å²) in [4.78, 5) is 28.6. The maximum atomic E-state index is 16.2. The van der Waals surface area contributed by atoms with Crippen molar-refractivity contribution in [1.82, 2.24) is 9.80 Å². The van der Waals surface area contributed by atoms with E-state index in [0.717, 1.165) is 11.1 Å². The number of nitrogens with zero attached hydrogens (tertiary/aromatic N) is 2. The molecular formula is C32H34ClFN2O5. The second-order valence-electron chi connectivity index (χ2n) is 10.9. The Bertz CT molecular complexity index is 1420. The highest BCUT2D eigenvalue weighted by Gasteiger charge is 2.54. The molecule has 41 heavy (non-hydrogen) atoms. The SMILES string of the molecule is COC1(c2ccc(Cl)cc2)c2c(F)cc(C(O)C3CCN(CCC(=O)O)CC3)cc2C(=O)N1Cc1ccc(C)cc1. The summed E-state index contributed by atoms with van der Waals surface area (Å²) >= 11 is 6.17. The highest BCUT2D eigenvalue weighted by atomic mass is 35.5. The van der Waals surface area contributed by atoms with E-state index in [1.165, 1.54) is 18.1 Å². The van der Waals surface area contributed by atoms with Gasteiger partial charge in [0.25, 0.3) is 5.91 Å². The molecule has 2 atom stereocenters. The maximum Gasteiger partial charge on any atom is 0.304 e. The number of aliphatic hydroxyl groups is 1. The lowest BCUT2D eigenvalue weighted by molar-refractivity contribution is -0.137. The molecule has 9 heteroatoms. The minimum atomic E-state index is -1.54. The van der Waals surface area contributed by atoms with E-state index in [1.807, 2.05) is 31.2 Å². The molecule has 0 bridgehead atoms. The van der Waals surface area contributed by atoms with Gasteiger partial charge in [-0.25, -0.2) is 4.39 Å². The number of rotatable bonds is 9. The Kier molecular flexibility index (Phi) is 8.47. The first-order chi connectivity index (χ1) is 19.6. The standard InChI is InChI=1S/C32H34ClFN2O5/c1-20-3-5-21(6-4-20)19-36-31(40)26-17-23(30(39)22-11-14-35(15-12-22)16-13-28(37)38)18-27(34)29(26)32(36,41-2)24-7-9-25(33)10-8-24/h3-10,17-18,22,30,39H,11-16,19H2,1-2H3,(H,37,38). The molecule has 0 radical (unpaired) electrons. The van der Waals surface area contributed by atoms with Gasteiger partial charge < -0.3 is 19.8 Å². The third kappa shape index (κ3) is 5.62. The van der Waals surface area contributed by atoms with E-state index < -0.39 is 29.5 Å². The van der Waals surface area contributed by atoms with Crippen molar-refractivity contribution >= 4 is 23.5 Å². The van der Waals surface area contributed by atoms with E-state index in [4.69, 9.17) is 21.4 Å². The number of hydrogen-bond acceptors (Lipinski definition) is 5. The molecule has 1 saturated heterocycles. The number of aliphatic carboxylic acids is 1. The van der Waals surface area contributed by atoms with Gasteiger partial charge in [0, 0.05) is 30.8 Å². The van der Waals surface area contributed by atoms with Gasteiger partial charge in [0.2, 0.25) is 0 Å². The number of likely N-dealkylation sites (tertiary alicyclic amines) is 1. The molecule has 5 rings (SSSR count). The Labute approximate surface area is 244 Å². The smallest absolute Gasteiger partial charge is 0.304 e. The summed E-state index contributed by atoms with van der Waals surface area (Å²) in [5.41, 5.74) is 1.58. The Morgan fingerprint density at radius 3 is 2.39 bits per heavy atom. The van der Waals surface area contributed by atoms with E-state index in [-0.39, 0.29) is 30.0 Å². The van der Waals surface area contributed by atoms with Gasteiger partial charge in [-0.15, -0.1) is 0 Å². The summed E-state index contributed by atoms with van der Waals surface area (Å²) in [6.45, 7) is 3.91. The van der Waals surface area contributed by atoms with Crippen molar-refractivity contribution in [3.63, 3.8) is 0 Å². The molecule has 3 aromatic carbocycles. The number of carboxylic acids is 1. The Hall–Kier alpha value is -3.30. The number of hydrogen-bond donors (Lipinski definition) is 2. The first kappa shape index (κ1) is 29.2. The number of carbonyl (C=O) groups excluding carboxylic acids is 1. The first-order valence-corrected chi connectivity index (χ1v) is 14.2. The van der Waals surface area contributed by atoms with Crippen molar-refractivity contribution in [2.24, 2.45) is 5.92 Å². The lowest BCUT2D eigenvalue weighted by Crippen LogP contribution is -2.46. The summed E-state index contributed by atoms with van der Waals surface area (Å²) in [6, 6.07) is 17.5. The second kappa shape index (κ2) is 11.9. The lowest BCUT2D eigenvalue weighted by atomic mass is 9.85. The number of benzene rings is 3. The van der Waals surface area contributed by atoms with Gasteiger partial charge in [-0.1, -0.05) is 53.6 Å². The summed E-state index contributed by atoms with van der Waals surface area (Å²) in [6.07, 6.45) is 0.377. The number of ether oxygens (including phenoxy) is 1. The number of amides is 1. The third-order valence-corrected chi connectivity index (χ3v) is 8.61. The highest BCUT2D eigenvalue weighted by molar-refractivity contribution is 6.30. The molecule has 2 unspecified atom stereocenters. The van der Waals surface area contributed by atoms with E-state index in [0.29, 0.717) is 48.6 Å². The number of carboxylic acid groups (broad SMARTS) is 1. The van der Waals surface area contributed by atoms with Crippen molar-refractivity contribution in [3.05, 3.63) is 105 Å². The van der Waals surface area contributed by atoms with Crippen LogP contribution in [0.4, 0.5) is 4.39 Å². The third-order valence-electron chi connectivity index (χ3n) is 8.36. The minimum absolute atomic E-state index is 0.0688. The topological polar surface area (TPSA) is 90.3 Å². The van der Waals surface area contributed by atoms with Crippen molar-refractivity contribution < 1.29 is 28.9 Å².